The van der Waals surface area contributed by atoms with E-state index >= 15 is 0 Å². The minimum absolute atomic E-state index is 0.0638. The molecule has 0 aliphatic heterocycles. The van der Waals surface area contributed by atoms with Crippen molar-refractivity contribution in [3.8, 4) is 18.1 Å². The summed E-state index contributed by atoms with van der Waals surface area (Å²) in [5.74, 6) is 3.28. The Kier molecular flexibility index (Phi) is 6.79. The lowest BCUT2D eigenvalue weighted by Crippen LogP contribution is -2.41. The standard InChI is InChI=1S/C18H24N2O2/c1-2-12-22-17-11-7-6-8-15(17)13-19-14-18(21)20-16-9-4-3-5-10-16/h1,6-8,11,16,19H,3-5,9-10,12-14H2,(H,20,21). The van der Waals surface area contributed by atoms with E-state index in [4.69, 9.17) is 11.2 Å². The summed E-state index contributed by atoms with van der Waals surface area (Å²) in [5.41, 5.74) is 1.00. The van der Waals surface area contributed by atoms with Crippen LogP contribution in [-0.4, -0.2) is 25.1 Å². The minimum atomic E-state index is 0.0638. The van der Waals surface area contributed by atoms with Crippen LogP contribution in [0.1, 0.15) is 37.7 Å². The SMILES string of the molecule is C#CCOc1ccccc1CNCC(=O)NC1CCCCC1. The number of ether oxygens (including phenoxy) is 1. The fourth-order valence-electron chi connectivity index (χ4n) is 2.75. The first-order valence-corrected chi connectivity index (χ1v) is 7.94. The summed E-state index contributed by atoms with van der Waals surface area (Å²) in [6.07, 6.45) is 11.2. The van der Waals surface area contributed by atoms with Crippen LogP contribution in [-0.2, 0) is 11.3 Å². The summed E-state index contributed by atoms with van der Waals surface area (Å²) < 4.78 is 5.49. The molecule has 0 saturated heterocycles. The van der Waals surface area contributed by atoms with Gasteiger partial charge in [0.15, 0.2) is 0 Å². The van der Waals surface area contributed by atoms with E-state index in [0.717, 1.165) is 24.2 Å². The number of amides is 1. The number of nitrogens with one attached hydrogen (secondary N) is 2. The van der Waals surface area contributed by atoms with Crippen LogP contribution < -0.4 is 15.4 Å². The lowest BCUT2D eigenvalue weighted by atomic mass is 9.95. The fraction of sp³-hybridized carbons (Fsp3) is 0.500. The third-order valence-corrected chi connectivity index (χ3v) is 3.85. The molecule has 0 bridgehead atoms. The van der Waals surface area contributed by atoms with E-state index in [1.165, 1.54) is 19.3 Å². The lowest BCUT2D eigenvalue weighted by Gasteiger charge is -2.22. The topological polar surface area (TPSA) is 50.4 Å². The molecule has 1 aromatic carbocycles. The van der Waals surface area contributed by atoms with Gasteiger partial charge in [-0.3, -0.25) is 4.79 Å². The molecule has 1 amide bonds. The molecule has 0 radical (unpaired) electrons. The van der Waals surface area contributed by atoms with Gasteiger partial charge in [0.05, 0.1) is 6.54 Å². The number of para-hydroxylation sites is 1. The van der Waals surface area contributed by atoms with Crippen LogP contribution in [0.3, 0.4) is 0 Å². The van der Waals surface area contributed by atoms with Crippen molar-refractivity contribution in [2.24, 2.45) is 0 Å². The second-order valence-corrected chi connectivity index (χ2v) is 5.61. The summed E-state index contributed by atoms with van der Waals surface area (Å²) in [5, 5.41) is 6.26. The summed E-state index contributed by atoms with van der Waals surface area (Å²) in [6.45, 7) is 1.15. The highest BCUT2D eigenvalue weighted by atomic mass is 16.5. The second-order valence-electron chi connectivity index (χ2n) is 5.61. The largest absolute Gasteiger partial charge is 0.481 e. The zero-order valence-electron chi connectivity index (χ0n) is 12.9. The monoisotopic (exact) mass is 300 g/mol. The molecule has 1 aromatic rings. The first-order chi connectivity index (χ1) is 10.8. The zero-order chi connectivity index (χ0) is 15.6. The number of hydrogen-bond donors (Lipinski definition) is 2. The third kappa shape index (κ3) is 5.42. The summed E-state index contributed by atoms with van der Waals surface area (Å²) in [7, 11) is 0. The summed E-state index contributed by atoms with van der Waals surface area (Å²) in [6, 6.07) is 8.07. The fourth-order valence-corrected chi connectivity index (χ4v) is 2.75. The maximum atomic E-state index is 11.9. The first kappa shape index (κ1) is 16.4. The second kappa shape index (κ2) is 9.11. The summed E-state index contributed by atoms with van der Waals surface area (Å²) in [4.78, 5) is 11.9. The van der Waals surface area contributed by atoms with Crippen molar-refractivity contribution < 1.29 is 9.53 Å². The van der Waals surface area contributed by atoms with Crippen LogP contribution in [0.2, 0.25) is 0 Å². The van der Waals surface area contributed by atoms with Crippen LogP contribution in [0.25, 0.3) is 0 Å². The summed E-state index contributed by atoms with van der Waals surface area (Å²) >= 11 is 0. The van der Waals surface area contributed by atoms with Crippen molar-refractivity contribution >= 4 is 5.91 Å². The van der Waals surface area contributed by atoms with E-state index < -0.39 is 0 Å². The molecule has 2 rings (SSSR count). The van der Waals surface area contributed by atoms with Gasteiger partial charge in [0.1, 0.15) is 12.4 Å². The Labute approximate surface area is 132 Å². The molecule has 1 fully saturated rings. The molecule has 1 saturated carbocycles. The van der Waals surface area contributed by atoms with Gasteiger partial charge >= 0.3 is 0 Å². The molecule has 0 unspecified atom stereocenters. The number of terminal acetylenes is 1. The Morgan fingerprint density at radius 2 is 2.05 bits per heavy atom. The smallest absolute Gasteiger partial charge is 0.234 e. The van der Waals surface area contributed by atoms with Crippen molar-refractivity contribution in [1.29, 1.82) is 0 Å². The molecule has 2 N–H and O–H groups in total. The highest BCUT2D eigenvalue weighted by molar-refractivity contribution is 5.78. The molecule has 4 heteroatoms. The molecular formula is C18H24N2O2. The van der Waals surface area contributed by atoms with E-state index in [2.05, 4.69) is 16.6 Å². The molecule has 0 spiro atoms. The van der Waals surface area contributed by atoms with E-state index in [9.17, 15) is 4.79 Å². The van der Waals surface area contributed by atoms with Crippen LogP contribution in [0, 0.1) is 12.3 Å². The normalized spacial score (nSPS) is 15.0. The van der Waals surface area contributed by atoms with Gasteiger partial charge in [-0.1, -0.05) is 43.4 Å². The van der Waals surface area contributed by atoms with E-state index in [1.54, 1.807) is 0 Å². The molecular weight excluding hydrogens is 276 g/mol. The number of hydrogen-bond acceptors (Lipinski definition) is 3. The number of carbonyl (C=O) groups is 1. The highest BCUT2D eigenvalue weighted by Gasteiger charge is 2.15. The van der Waals surface area contributed by atoms with E-state index in [1.807, 2.05) is 24.3 Å². The Bertz CT molecular complexity index is 516. The van der Waals surface area contributed by atoms with Crippen molar-refractivity contribution in [1.82, 2.24) is 10.6 Å². The van der Waals surface area contributed by atoms with Crippen molar-refractivity contribution in [2.45, 2.75) is 44.7 Å². The molecule has 0 atom stereocenters. The molecule has 0 aromatic heterocycles. The van der Waals surface area contributed by atoms with Crippen LogP contribution in [0.15, 0.2) is 24.3 Å². The van der Waals surface area contributed by atoms with Gasteiger partial charge in [0, 0.05) is 18.2 Å². The predicted molar refractivity (Wildman–Crippen MR) is 87.5 cm³/mol. The number of carbonyl (C=O) groups excluding carboxylic acids is 1. The van der Waals surface area contributed by atoms with Gasteiger partial charge in [0.25, 0.3) is 0 Å². The van der Waals surface area contributed by atoms with Crippen LogP contribution in [0.4, 0.5) is 0 Å². The third-order valence-electron chi connectivity index (χ3n) is 3.85. The maximum Gasteiger partial charge on any atom is 0.234 e. The Morgan fingerprint density at radius 1 is 1.27 bits per heavy atom. The molecule has 22 heavy (non-hydrogen) atoms. The Morgan fingerprint density at radius 3 is 2.82 bits per heavy atom. The van der Waals surface area contributed by atoms with Gasteiger partial charge in [-0.2, -0.15) is 0 Å². The average molecular weight is 300 g/mol. The molecule has 118 valence electrons. The number of rotatable bonds is 7. The van der Waals surface area contributed by atoms with Gasteiger partial charge in [0.2, 0.25) is 5.91 Å². The molecule has 1 aliphatic carbocycles. The van der Waals surface area contributed by atoms with Gasteiger partial charge in [-0.25, -0.2) is 0 Å². The molecule has 4 nitrogen and oxygen atoms in total. The van der Waals surface area contributed by atoms with Crippen LogP contribution in [0.5, 0.6) is 5.75 Å². The minimum Gasteiger partial charge on any atom is -0.481 e. The average Bonchev–Trinajstić information content (AvgIpc) is 2.55. The van der Waals surface area contributed by atoms with Crippen molar-refractivity contribution in [3.05, 3.63) is 29.8 Å². The highest BCUT2D eigenvalue weighted by Crippen LogP contribution is 2.18. The Hall–Kier alpha value is -1.99. The van der Waals surface area contributed by atoms with E-state index in [-0.39, 0.29) is 12.5 Å². The molecule has 1 aliphatic rings. The van der Waals surface area contributed by atoms with Gasteiger partial charge in [-0.05, 0) is 18.9 Å². The lowest BCUT2D eigenvalue weighted by molar-refractivity contribution is -0.121. The van der Waals surface area contributed by atoms with Gasteiger partial charge in [-0.15, -0.1) is 6.42 Å². The van der Waals surface area contributed by atoms with Crippen molar-refractivity contribution in [2.75, 3.05) is 13.2 Å². The van der Waals surface area contributed by atoms with E-state index in [0.29, 0.717) is 19.1 Å². The van der Waals surface area contributed by atoms with Gasteiger partial charge < -0.3 is 15.4 Å². The quantitative estimate of drug-likeness (QED) is 0.759. The molecule has 0 heterocycles. The predicted octanol–water partition coefficient (Wildman–Crippen LogP) is 2.24. The Balaban J connectivity index is 1.73. The first-order valence-electron chi connectivity index (χ1n) is 7.94. The maximum absolute atomic E-state index is 11.9. The van der Waals surface area contributed by atoms with Crippen molar-refractivity contribution in [3.63, 3.8) is 0 Å². The number of benzene rings is 1. The van der Waals surface area contributed by atoms with Crippen LogP contribution >= 0.6 is 0 Å². The zero-order valence-corrected chi connectivity index (χ0v) is 12.9.